The minimum Gasteiger partial charge on any atom is -0.482 e. The summed E-state index contributed by atoms with van der Waals surface area (Å²) in [7, 11) is -3.24. The molecule has 0 aromatic heterocycles. The van der Waals surface area contributed by atoms with Crippen LogP contribution in [0.3, 0.4) is 0 Å². The van der Waals surface area contributed by atoms with Crippen LogP contribution in [0.5, 0.6) is 5.75 Å². The third kappa shape index (κ3) is 5.73. The highest BCUT2D eigenvalue weighted by Crippen LogP contribution is 2.35. The summed E-state index contributed by atoms with van der Waals surface area (Å²) in [6.07, 6.45) is 4.27. The molecule has 140 valence electrons. The molecule has 1 aliphatic carbocycles. The van der Waals surface area contributed by atoms with Crippen LogP contribution in [0.15, 0.2) is 29.2 Å². The van der Waals surface area contributed by atoms with Gasteiger partial charge in [0.05, 0.1) is 4.90 Å². The van der Waals surface area contributed by atoms with E-state index in [0.717, 1.165) is 19.1 Å². The molecule has 0 saturated heterocycles. The fourth-order valence-corrected chi connectivity index (χ4v) is 4.01. The number of ether oxygens (including phenoxy) is 2. The monoisotopic (exact) mass is 368 g/mol. The molecule has 3 atom stereocenters. The number of hydrogen-bond donors (Lipinski definition) is 0. The molecule has 25 heavy (non-hydrogen) atoms. The lowest BCUT2D eigenvalue weighted by molar-refractivity contribution is -0.158. The van der Waals surface area contributed by atoms with Gasteiger partial charge in [0.25, 0.3) is 0 Å². The number of carbonyl (C=O) groups is 1. The van der Waals surface area contributed by atoms with Crippen molar-refractivity contribution in [1.29, 1.82) is 0 Å². The topological polar surface area (TPSA) is 69.7 Å². The van der Waals surface area contributed by atoms with Gasteiger partial charge in [-0.3, -0.25) is 0 Å². The molecular weight excluding hydrogens is 340 g/mol. The van der Waals surface area contributed by atoms with Gasteiger partial charge in [0, 0.05) is 6.26 Å². The lowest BCUT2D eigenvalue weighted by Crippen LogP contribution is -2.36. The zero-order valence-corrected chi connectivity index (χ0v) is 16.2. The molecule has 1 fully saturated rings. The Morgan fingerprint density at radius 1 is 1.20 bits per heavy atom. The molecule has 2 rings (SSSR count). The first kappa shape index (κ1) is 19.8. The summed E-state index contributed by atoms with van der Waals surface area (Å²) in [5, 5.41) is 0. The lowest BCUT2D eigenvalue weighted by Gasteiger charge is -2.36. The Morgan fingerprint density at radius 2 is 1.84 bits per heavy atom. The highest BCUT2D eigenvalue weighted by atomic mass is 32.2. The van der Waals surface area contributed by atoms with Crippen molar-refractivity contribution in [3.8, 4) is 5.75 Å². The van der Waals surface area contributed by atoms with E-state index in [-0.39, 0.29) is 23.6 Å². The Labute approximate surface area is 150 Å². The Bertz CT molecular complexity index is 678. The van der Waals surface area contributed by atoms with Crippen LogP contribution in [-0.4, -0.2) is 33.4 Å². The highest BCUT2D eigenvalue weighted by Gasteiger charge is 2.33. The Morgan fingerprint density at radius 3 is 2.40 bits per heavy atom. The predicted molar refractivity (Wildman–Crippen MR) is 96.3 cm³/mol. The van der Waals surface area contributed by atoms with Crippen molar-refractivity contribution in [3.05, 3.63) is 24.3 Å². The summed E-state index contributed by atoms with van der Waals surface area (Å²) in [5.74, 6) is 1.51. The molecule has 0 spiro atoms. The standard InChI is InChI=1S/C19H28O5S/c1-13(2)17-10-5-14(3)11-18(17)24-19(20)12-23-15-6-8-16(9-7-15)25(4,21)22/h6-9,13-14,17-18H,5,10-12H2,1-4H3. The predicted octanol–water partition coefficient (Wildman–Crippen LogP) is 3.47. The SMILES string of the molecule is CC1CCC(C(C)C)C(OC(=O)COc2ccc(S(C)(=O)=O)cc2)C1. The van der Waals surface area contributed by atoms with Crippen molar-refractivity contribution < 1.29 is 22.7 Å². The Hall–Kier alpha value is -1.56. The quantitative estimate of drug-likeness (QED) is 0.719. The van der Waals surface area contributed by atoms with Gasteiger partial charge in [-0.15, -0.1) is 0 Å². The van der Waals surface area contributed by atoms with E-state index in [2.05, 4.69) is 20.8 Å². The number of carbonyl (C=O) groups excluding carboxylic acids is 1. The molecule has 1 aromatic carbocycles. The maximum Gasteiger partial charge on any atom is 0.344 e. The third-order valence-corrected chi connectivity index (χ3v) is 5.98. The zero-order valence-electron chi connectivity index (χ0n) is 15.4. The molecule has 0 heterocycles. The van der Waals surface area contributed by atoms with E-state index < -0.39 is 9.84 Å². The van der Waals surface area contributed by atoms with Gasteiger partial charge in [0.1, 0.15) is 11.9 Å². The average Bonchev–Trinajstić information content (AvgIpc) is 2.52. The van der Waals surface area contributed by atoms with E-state index >= 15 is 0 Å². The van der Waals surface area contributed by atoms with Crippen LogP contribution in [0.25, 0.3) is 0 Å². The number of hydrogen-bond acceptors (Lipinski definition) is 5. The molecule has 0 radical (unpaired) electrons. The molecule has 5 nitrogen and oxygen atoms in total. The minimum atomic E-state index is -3.24. The molecule has 1 saturated carbocycles. The van der Waals surface area contributed by atoms with E-state index in [1.165, 1.54) is 18.6 Å². The second kappa shape index (κ2) is 8.21. The Kier molecular flexibility index (Phi) is 6.49. The van der Waals surface area contributed by atoms with Gasteiger partial charge in [-0.1, -0.05) is 27.2 Å². The molecule has 0 N–H and O–H groups in total. The molecule has 1 aliphatic rings. The van der Waals surface area contributed by atoms with Crippen molar-refractivity contribution >= 4 is 15.8 Å². The van der Waals surface area contributed by atoms with Crippen molar-refractivity contribution in [2.75, 3.05) is 12.9 Å². The van der Waals surface area contributed by atoms with E-state index in [0.29, 0.717) is 23.5 Å². The van der Waals surface area contributed by atoms with Gasteiger partial charge in [-0.2, -0.15) is 0 Å². The number of benzene rings is 1. The van der Waals surface area contributed by atoms with Gasteiger partial charge in [0.2, 0.25) is 0 Å². The maximum absolute atomic E-state index is 12.1. The van der Waals surface area contributed by atoms with Gasteiger partial charge in [0.15, 0.2) is 16.4 Å². The molecule has 6 heteroatoms. The second-order valence-corrected chi connectivity index (χ2v) is 9.40. The van der Waals surface area contributed by atoms with Crippen molar-refractivity contribution in [3.63, 3.8) is 0 Å². The van der Waals surface area contributed by atoms with Crippen LogP contribution in [0.4, 0.5) is 0 Å². The van der Waals surface area contributed by atoms with E-state index in [4.69, 9.17) is 9.47 Å². The average molecular weight is 368 g/mol. The first-order chi connectivity index (χ1) is 11.7. The summed E-state index contributed by atoms with van der Waals surface area (Å²) >= 11 is 0. The van der Waals surface area contributed by atoms with Crippen LogP contribution in [-0.2, 0) is 19.4 Å². The summed E-state index contributed by atoms with van der Waals surface area (Å²) in [5.41, 5.74) is 0. The van der Waals surface area contributed by atoms with Gasteiger partial charge in [-0.05, 0) is 54.9 Å². The number of esters is 1. The first-order valence-electron chi connectivity index (χ1n) is 8.79. The first-order valence-corrected chi connectivity index (χ1v) is 10.7. The summed E-state index contributed by atoms with van der Waals surface area (Å²) in [4.78, 5) is 12.4. The lowest BCUT2D eigenvalue weighted by atomic mass is 9.75. The largest absolute Gasteiger partial charge is 0.482 e. The molecule has 3 unspecified atom stereocenters. The second-order valence-electron chi connectivity index (χ2n) is 7.39. The number of sulfone groups is 1. The smallest absolute Gasteiger partial charge is 0.344 e. The van der Waals surface area contributed by atoms with Crippen molar-refractivity contribution in [2.24, 2.45) is 17.8 Å². The van der Waals surface area contributed by atoms with Crippen molar-refractivity contribution in [2.45, 2.75) is 51.0 Å². The molecule has 0 amide bonds. The van der Waals surface area contributed by atoms with Crippen LogP contribution in [0, 0.1) is 17.8 Å². The zero-order chi connectivity index (χ0) is 18.6. The molecular formula is C19H28O5S. The van der Waals surface area contributed by atoms with Gasteiger partial charge >= 0.3 is 5.97 Å². The van der Waals surface area contributed by atoms with Crippen LogP contribution >= 0.6 is 0 Å². The van der Waals surface area contributed by atoms with E-state index in [1.54, 1.807) is 12.1 Å². The molecule has 1 aromatic rings. The number of rotatable bonds is 6. The fraction of sp³-hybridized carbons (Fsp3) is 0.632. The van der Waals surface area contributed by atoms with E-state index in [9.17, 15) is 13.2 Å². The summed E-state index contributed by atoms with van der Waals surface area (Å²) < 4.78 is 34.0. The van der Waals surface area contributed by atoms with Crippen molar-refractivity contribution in [1.82, 2.24) is 0 Å². The fourth-order valence-electron chi connectivity index (χ4n) is 3.38. The van der Waals surface area contributed by atoms with Gasteiger partial charge in [-0.25, -0.2) is 13.2 Å². The molecule has 0 aliphatic heterocycles. The van der Waals surface area contributed by atoms with Crippen LogP contribution < -0.4 is 4.74 Å². The van der Waals surface area contributed by atoms with Gasteiger partial charge < -0.3 is 9.47 Å². The Balaban J connectivity index is 1.89. The van der Waals surface area contributed by atoms with Crippen LogP contribution in [0.1, 0.15) is 40.0 Å². The molecule has 0 bridgehead atoms. The normalized spacial score (nSPS) is 24.1. The third-order valence-electron chi connectivity index (χ3n) is 4.85. The maximum atomic E-state index is 12.1. The summed E-state index contributed by atoms with van der Waals surface area (Å²) in [6, 6.07) is 6.02. The highest BCUT2D eigenvalue weighted by molar-refractivity contribution is 7.90. The summed E-state index contributed by atoms with van der Waals surface area (Å²) in [6.45, 7) is 6.35. The van der Waals surface area contributed by atoms with Crippen LogP contribution in [0.2, 0.25) is 0 Å². The minimum absolute atomic E-state index is 0.0486. The van der Waals surface area contributed by atoms with E-state index in [1.807, 2.05) is 0 Å².